The molecule has 0 aliphatic carbocycles. The van der Waals surface area contributed by atoms with E-state index in [9.17, 15) is 4.79 Å². The average molecular weight is 402 g/mol. The molecular formula is C24H22N2O4. The molecule has 1 N–H and O–H groups in total. The van der Waals surface area contributed by atoms with Crippen molar-refractivity contribution < 1.29 is 18.7 Å². The molecule has 1 heterocycles. The van der Waals surface area contributed by atoms with Crippen LogP contribution in [0.2, 0.25) is 0 Å². The number of aromatic nitrogens is 1. The number of hydrogen-bond acceptors (Lipinski definition) is 5. The zero-order valence-electron chi connectivity index (χ0n) is 17.1. The number of ether oxygens (including phenoxy) is 2. The van der Waals surface area contributed by atoms with E-state index >= 15 is 0 Å². The van der Waals surface area contributed by atoms with Crippen LogP contribution in [0.4, 0.5) is 5.69 Å². The molecule has 0 spiro atoms. The van der Waals surface area contributed by atoms with Crippen molar-refractivity contribution in [2.45, 2.75) is 13.8 Å². The second-order valence-corrected chi connectivity index (χ2v) is 7.01. The zero-order chi connectivity index (χ0) is 21.1. The van der Waals surface area contributed by atoms with Gasteiger partial charge in [-0.1, -0.05) is 6.07 Å². The van der Waals surface area contributed by atoms with Gasteiger partial charge in [0.2, 0.25) is 5.89 Å². The van der Waals surface area contributed by atoms with E-state index in [1.54, 1.807) is 19.2 Å². The summed E-state index contributed by atoms with van der Waals surface area (Å²) in [5, 5.41) is 2.83. The number of aryl methyl sites for hydroxylation is 2. The van der Waals surface area contributed by atoms with E-state index in [1.165, 1.54) is 5.56 Å². The molecule has 0 unspecified atom stereocenters. The molecule has 0 fully saturated rings. The summed E-state index contributed by atoms with van der Waals surface area (Å²) in [5.74, 6) is 1.68. The highest BCUT2D eigenvalue weighted by Gasteiger charge is 2.10. The fraction of sp³-hybridized carbons (Fsp3) is 0.167. The van der Waals surface area contributed by atoms with E-state index in [1.807, 2.05) is 62.4 Å². The van der Waals surface area contributed by atoms with Crippen molar-refractivity contribution in [1.29, 1.82) is 0 Å². The molecule has 6 nitrogen and oxygen atoms in total. The van der Waals surface area contributed by atoms with Gasteiger partial charge in [0, 0.05) is 17.3 Å². The van der Waals surface area contributed by atoms with Crippen molar-refractivity contribution in [2.24, 2.45) is 0 Å². The van der Waals surface area contributed by atoms with Gasteiger partial charge in [-0.05, 0) is 73.5 Å². The second kappa shape index (κ2) is 8.29. The van der Waals surface area contributed by atoms with Gasteiger partial charge in [-0.25, -0.2) is 4.98 Å². The molecule has 1 aromatic heterocycles. The summed E-state index contributed by atoms with van der Waals surface area (Å²) >= 11 is 0. The predicted molar refractivity (Wildman–Crippen MR) is 116 cm³/mol. The number of carbonyl (C=O) groups is 1. The minimum absolute atomic E-state index is 0.0583. The number of amides is 1. The largest absolute Gasteiger partial charge is 0.497 e. The van der Waals surface area contributed by atoms with Crippen molar-refractivity contribution in [1.82, 2.24) is 4.98 Å². The number of nitrogens with one attached hydrogen (secondary N) is 1. The highest BCUT2D eigenvalue weighted by Crippen LogP contribution is 2.27. The normalized spacial score (nSPS) is 10.8. The Balaban J connectivity index is 1.39. The Morgan fingerprint density at radius 1 is 0.967 bits per heavy atom. The molecule has 0 bridgehead atoms. The first-order chi connectivity index (χ1) is 14.5. The van der Waals surface area contributed by atoms with E-state index in [4.69, 9.17) is 13.9 Å². The summed E-state index contributed by atoms with van der Waals surface area (Å²) in [6.45, 7) is 3.99. The molecule has 0 saturated heterocycles. The van der Waals surface area contributed by atoms with E-state index < -0.39 is 0 Å². The summed E-state index contributed by atoms with van der Waals surface area (Å²) in [6.07, 6.45) is 0. The molecule has 4 aromatic rings. The molecule has 6 heteroatoms. The zero-order valence-corrected chi connectivity index (χ0v) is 17.1. The minimum atomic E-state index is -0.227. The SMILES string of the molecule is COc1ccc2oc(-c3ccc(NC(=O)COc4ccc(C)c(C)c4)cc3)nc2c1. The molecule has 30 heavy (non-hydrogen) atoms. The van der Waals surface area contributed by atoms with E-state index in [2.05, 4.69) is 10.3 Å². The quantitative estimate of drug-likeness (QED) is 0.483. The molecule has 1 amide bonds. The molecular weight excluding hydrogens is 380 g/mol. The summed E-state index contributed by atoms with van der Waals surface area (Å²) in [5.41, 5.74) is 5.21. The molecule has 0 aliphatic rings. The van der Waals surface area contributed by atoms with Gasteiger partial charge < -0.3 is 19.2 Å². The van der Waals surface area contributed by atoms with Crippen LogP contribution in [0.25, 0.3) is 22.6 Å². The lowest BCUT2D eigenvalue weighted by atomic mass is 10.1. The summed E-state index contributed by atoms with van der Waals surface area (Å²) in [4.78, 5) is 16.7. The van der Waals surface area contributed by atoms with Gasteiger partial charge in [0.1, 0.15) is 17.0 Å². The smallest absolute Gasteiger partial charge is 0.262 e. The Morgan fingerprint density at radius 3 is 2.47 bits per heavy atom. The first-order valence-electron chi connectivity index (χ1n) is 9.57. The number of nitrogens with zero attached hydrogens (tertiary/aromatic N) is 1. The number of rotatable bonds is 6. The van der Waals surface area contributed by atoms with Gasteiger partial charge in [-0.3, -0.25) is 4.79 Å². The molecule has 152 valence electrons. The fourth-order valence-electron chi connectivity index (χ4n) is 3.00. The van der Waals surface area contributed by atoms with Crippen LogP contribution in [-0.2, 0) is 4.79 Å². The van der Waals surface area contributed by atoms with Crippen LogP contribution in [0, 0.1) is 13.8 Å². The first-order valence-corrected chi connectivity index (χ1v) is 9.57. The maximum Gasteiger partial charge on any atom is 0.262 e. The number of carbonyl (C=O) groups excluding carboxylic acids is 1. The average Bonchev–Trinajstić information content (AvgIpc) is 3.18. The molecule has 0 saturated carbocycles. The molecule has 4 rings (SSSR count). The standard InChI is InChI=1S/C24H22N2O4/c1-15-4-9-20(12-16(15)2)29-14-23(27)25-18-7-5-17(6-8-18)24-26-21-13-19(28-3)10-11-22(21)30-24/h4-13H,14H2,1-3H3,(H,25,27). The highest BCUT2D eigenvalue weighted by atomic mass is 16.5. The number of hydrogen-bond donors (Lipinski definition) is 1. The van der Waals surface area contributed by atoms with Crippen LogP contribution < -0.4 is 14.8 Å². The van der Waals surface area contributed by atoms with Crippen LogP contribution in [-0.4, -0.2) is 24.6 Å². The number of methoxy groups -OCH3 is 1. The molecule has 0 radical (unpaired) electrons. The number of anilines is 1. The van der Waals surface area contributed by atoms with Crippen LogP contribution in [0.5, 0.6) is 11.5 Å². The Kier molecular flexibility index (Phi) is 5.39. The minimum Gasteiger partial charge on any atom is -0.497 e. The summed E-state index contributed by atoms with van der Waals surface area (Å²) in [7, 11) is 1.61. The van der Waals surface area contributed by atoms with Crippen LogP contribution >= 0.6 is 0 Å². The Hall–Kier alpha value is -3.80. The van der Waals surface area contributed by atoms with Crippen molar-refractivity contribution in [3.63, 3.8) is 0 Å². The Morgan fingerprint density at radius 2 is 1.73 bits per heavy atom. The Labute approximate surface area is 174 Å². The topological polar surface area (TPSA) is 73.6 Å². The molecule has 0 atom stereocenters. The number of benzene rings is 3. The lowest BCUT2D eigenvalue weighted by Crippen LogP contribution is -2.20. The molecule has 0 aliphatic heterocycles. The first kappa shape index (κ1) is 19.5. The van der Waals surface area contributed by atoms with Gasteiger partial charge in [-0.2, -0.15) is 0 Å². The highest BCUT2D eigenvalue weighted by molar-refractivity contribution is 5.92. The predicted octanol–water partition coefficient (Wildman–Crippen LogP) is 5.14. The van der Waals surface area contributed by atoms with E-state index in [0.717, 1.165) is 22.4 Å². The van der Waals surface area contributed by atoms with Crippen molar-refractivity contribution in [3.8, 4) is 23.0 Å². The summed E-state index contributed by atoms with van der Waals surface area (Å²) < 4.78 is 16.6. The summed E-state index contributed by atoms with van der Waals surface area (Å²) in [6, 6.07) is 18.6. The van der Waals surface area contributed by atoms with Gasteiger partial charge in [0.25, 0.3) is 5.91 Å². The van der Waals surface area contributed by atoms with Crippen LogP contribution in [0.15, 0.2) is 65.1 Å². The van der Waals surface area contributed by atoms with Gasteiger partial charge in [0.15, 0.2) is 12.2 Å². The van der Waals surface area contributed by atoms with Crippen LogP contribution in [0.1, 0.15) is 11.1 Å². The van der Waals surface area contributed by atoms with Gasteiger partial charge in [0.05, 0.1) is 7.11 Å². The lowest BCUT2D eigenvalue weighted by Gasteiger charge is -2.09. The number of oxazole rings is 1. The van der Waals surface area contributed by atoms with Crippen molar-refractivity contribution >= 4 is 22.7 Å². The maximum absolute atomic E-state index is 12.2. The van der Waals surface area contributed by atoms with Crippen molar-refractivity contribution in [3.05, 3.63) is 71.8 Å². The van der Waals surface area contributed by atoms with Gasteiger partial charge in [-0.15, -0.1) is 0 Å². The van der Waals surface area contributed by atoms with E-state index in [-0.39, 0.29) is 12.5 Å². The van der Waals surface area contributed by atoms with Gasteiger partial charge >= 0.3 is 0 Å². The molecule has 3 aromatic carbocycles. The second-order valence-electron chi connectivity index (χ2n) is 7.01. The third-order valence-corrected chi connectivity index (χ3v) is 4.86. The third-order valence-electron chi connectivity index (χ3n) is 4.86. The maximum atomic E-state index is 12.2. The van der Waals surface area contributed by atoms with Crippen LogP contribution in [0.3, 0.4) is 0 Å². The van der Waals surface area contributed by atoms with Crippen molar-refractivity contribution in [2.75, 3.05) is 19.0 Å². The van der Waals surface area contributed by atoms with E-state index in [0.29, 0.717) is 22.9 Å². The fourth-order valence-corrected chi connectivity index (χ4v) is 3.00. The monoisotopic (exact) mass is 402 g/mol. The Bertz CT molecular complexity index is 1200. The third kappa shape index (κ3) is 4.27. The lowest BCUT2D eigenvalue weighted by molar-refractivity contribution is -0.118. The number of fused-ring (bicyclic) bond motifs is 1.